The number of nitrogens with zero attached hydrogens (tertiary/aromatic N) is 1. The minimum atomic E-state index is -3.34. The van der Waals surface area contributed by atoms with Crippen molar-refractivity contribution in [2.24, 2.45) is 5.73 Å². The number of sulfonamides is 1. The lowest BCUT2D eigenvalue weighted by Gasteiger charge is -2.27. The zero-order valence-electron chi connectivity index (χ0n) is 10.3. The molecule has 4 nitrogen and oxygen atoms in total. The van der Waals surface area contributed by atoms with Gasteiger partial charge in [0.1, 0.15) is 5.75 Å². The highest BCUT2D eigenvalue weighted by Gasteiger charge is 2.26. The minimum Gasteiger partial charge on any atom is -0.392 e. The van der Waals surface area contributed by atoms with Gasteiger partial charge in [0.25, 0.3) is 0 Å². The Morgan fingerprint density at radius 2 is 2.00 bits per heavy atom. The summed E-state index contributed by atoms with van der Waals surface area (Å²) in [5.41, 5.74) is 5.31. The van der Waals surface area contributed by atoms with Crippen LogP contribution >= 0.6 is 12.2 Å². The van der Waals surface area contributed by atoms with E-state index in [1.165, 1.54) is 4.31 Å². The quantitative estimate of drug-likeness (QED) is 0.676. The first-order valence-corrected chi connectivity index (χ1v) is 7.64. The normalized spacial score (nSPS) is 14.0. The van der Waals surface area contributed by atoms with Crippen molar-refractivity contribution in [2.45, 2.75) is 46.1 Å². The van der Waals surface area contributed by atoms with Gasteiger partial charge in [0.15, 0.2) is 0 Å². The van der Waals surface area contributed by atoms with Crippen molar-refractivity contribution in [1.82, 2.24) is 4.31 Å². The summed E-state index contributed by atoms with van der Waals surface area (Å²) in [5.74, 6) is -0.226. The molecule has 0 aliphatic heterocycles. The summed E-state index contributed by atoms with van der Waals surface area (Å²) in [4.78, 5) is 0.0322. The van der Waals surface area contributed by atoms with Crippen molar-refractivity contribution >= 4 is 27.2 Å². The molecular formula is C10H22N2O2S2. The van der Waals surface area contributed by atoms with Gasteiger partial charge in [0, 0.05) is 12.6 Å². The van der Waals surface area contributed by atoms with Gasteiger partial charge in [-0.25, -0.2) is 8.42 Å². The predicted molar refractivity (Wildman–Crippen MR) is 71.9 cm³/mol. The van der Waals surface area contributed by atoms with Gasteiger partial charge in [0.05, 0.1) is 4.99 Å². The summed E-state index contributed by atoms with van der Waals surface area (Å²) in [6.07, 6.45) is 2.62. The van der Waals surface area contributed by atoms with Crippen LogP contribution in [0.1, 0.15) is 40.0 Å². The SMILES string of the molecule is CCCCN(C(C)CC)S(=O)(=O)CC(N)=S. The molecule has 0 heterocycles. The number of nitrogens with two attached hydrogens (primary N) is 1. The second-order valence-electron chi connectivity index (χ2n) is 3.94. The number of thiocarbonyl (C=S) groups is 1. The number of unbranched alkanes of at least 4 members (excludes halogenated alkanes) is 1. The molecule has 0 bridgehead atoms. The monoisotopic (exact) mass is 266 g/mol. The molecule has 0 radical (unpaired) electrons. The lowest BCUT2D eigenvalue weighted by molar-refractivity contribution is 0.326. The first-order chi connectivity index (χ1) is 7.35. The van der Waals surface area contributed by atoms with Crippen molar-refractivity contribution in [3.63, 3.8) is 0 Å². The fraction of sp³-hybridized carbons (Fsp3) is 0.900. The van der Waals surface area contributed by atoms with E-state index in [1.807, 2.05) is 20.8 Å². The van der Waals surface area contributed by atoms with E-state index in [4.69, 9.17) is 5.73 Å². The van der Waals surface area contributed by atoms with Gasteiger partial charge < -0.3 is 5.73 Å². The Labute approximate surface area is 104 Å². The molecule has 0 spiro atoms. The Bertz CT molecular complexity index is 315. The number of rotatable bonds is 8. The molecule has 1 atom stereocenters. The Kier molecular flexibility index (Phi) is 7.10. The highest BCUT2D eigenvalue weighted by molar-refractivity contribution is 7.92. The zero-order chi connectivity index (χ0) is 12.8. The summed E-state index contributed by atoms with van der Waals surface area (Å²) in [6.45, 7) is 6.47. The summed E-state index contributed by atoms with van der Waals surface area (Å²) in [6, 6.07) is 0.00546. The number of hydrogen-bond donors (Lipinski definition) is 1. The average molecular weight is 266 g/mol. The third kappa shape index (κ3) is 5.23. The third-order valence-corrected chi connectivity index (χ3v) is 4.76. The molecule has 0 fully saturated rings. The van der Waals surface area contributed by atoms with Crippen LogP contribution in [0, 0.1) is 0 Å². The van der Waals surface area contributed by atoms with Crippen molar-refractivity contribution in [2.75, 3.05) is 12.3 Å². The van der Waals surface area contributed by atoms with Gasteiger partial charge >= 0.3 is 0 Å². The van der Waals surface area contributed by atoms with Gasteiger partial charge in [0.2, 0.25) is 10.0 Å². The van der Waals surface area contributed by atoms with E-state index in [-0.39, 0.29) is 16.8 Å². The van der Waals surface area contributed by atoms with Crippen LogP contribution in [0.25, 0.3) is 0 Å². The van der Waals surface area contributed by atoms with Crippen LogP contribution in [0.5, 0.6) is 0 Å². The molecule has 0 rings (SSSR count). The average Bonchev–Trinajstić information content (AvgIpc) is 2.15. The molecule has 0 aromatic carbocycles. The van der Waals surface area contributed by atoms with Gasteiger partial charge in [-0.15, -0.1) is 0 Å². The fourth-order valence-electron chi connectivity index (χ4n) is 1.41. The van der Waals surface area contributed by atoms with Gasteiger partial charge in [-0.1, -0.05) is 32.5 Å². The van der Waals surface area contributed by atoms with Crippen molar-refractivity contribution in [3.8, 4) is 0 Å². The van der Waals surface area contributed by atoms with Crippen molar-refractivity contribution < 1.29 is 8.42 Å². The molecule has 0 aliphatic carbocycles. The molecule has 0 saturated carbocycles. The molecule has 0 aliphatic rings. The lowest BCUT2D eigenvalue weighted by atomic mass is 10.2. The molecule has 0 saturated heterocycles. The summed E-state index contributed by atoms with van der Waals surface area (Å²) >= 11 is 4.67. The predicted octanol–water partition coefficient (Wildman–Crippen LogP) is 1.50. The first-order valence-electron chi connectivity index (χ1n) is 5.63. The van der Waals surface area contributed by atoms with Gasteiger partial charge in [-0.3, -0.25) is 0 Å². The minimum absolute atomic E-state index is 0.00546. The standard InChI is InChI=1S/C10H22N2O2S2/c1-4-6-7-12(9(3)5-2)16(13,14)8-10(11)15/h9H,4-8H2,1-3H3,(H2,11,15). The molecule has 96 valence electrons. The molecule has 0 amide bonds. The van der Waals surface area contributed by atoms with Crippen LogP contribution in [-0.4, -0.2) is 36.1 Å². The third-order valence-electron chi connectivity index (χ3n) is 2.50. The second kappa shape index (κ2) is 7.19. The largest absolute Gasteiger partial charge is 0.392 e. The van der Waals surface area contributed by atoms with Crippen molar-refractivity contribution in [1.29, 1.82) is 0 Å². The highest BCUT2D eigenvalue weighted by atomic mass is 32.2. The maximum Gasteiger partial charge on any atom is 0.220 e. The Hall–Kier alpha value is -0.200. The first kappa shape index (κ1) is 15.8. The molecule has 16 heavy (non-hydrogen) atoms. The molecule has 0 aromatic rings. The van der Waals surface area contributed by atoms with E-state index >= 15 is 0 Å². The van der Waals surface area contributed by atoms with E-state index in [0.29, 0.717) is 6.54 Å². The van der Waals surface area contributed by atoms with E-state index in [9.17, 15) is 8.42 Å². The lowest BCUT2D eigenvalue weighted by Crippen LogP contribution is -2.42. The summed E-state index contributed by atoms with van der Waals surface area (Å²) in [7, 11) is -3.34. The van der Waals surface area contributed by atoms with E-state index < -0.39 is 10.0 Å². The number of hydrogen-bond acceptors (Lipinski definition) is 3. The van der Waals surface area contributed by atoms with Gasteiger partial charge in [-0.05, 0) is 19.8 Å². The van der Waals surface area contributed by atoms with Crippen molar-refractivity contribution in [3.05, 3.63) is 0 Å². The molecule has 0 aromatic heterocycles. The smallest absolute Gasteiger partial charge is 0.220 e. The van der Waals surface area contributed by atoms with Crippen LogP contribution in [-0.2, 0) is 10.0 Å². The van der Waals surface area contributed by atoms with Crippen LogP contribution in [0.15, 0.2) is 0 Å². The van der Waals surface area contributed by atoms with Crippen LogP contribution in [0.2, 0.25) is 0 Å². The van der Waals surface area contributed by atoms with Crippen LogP contribution in [0.3, 0.4) is 0 Å². The highest BCUT2D eigenvalue weighted by Crippen LogP contribution is 2.12. The topological polar surface area (TPSA) is 63.4 Å². The molecule has 1 unspecified atom stereocenters. The Balaban J connectivity index is 4.79. The van der Waals surface area contributed by atoms with Gasteiger partial charge in [-0.2, -0.15) is 4.31 Å². The summed E-state index contributed by atoms with van der Waals surface area (Å²) in [5, 5.41) is 0. The Morgan fingerprint density at radius 1 is 1.44 bits per heavy atom. The van der Waals surface area contributed by atoms with Crippen LogP contribution < -0.4 is 5.73 Å². The maximum absolute atomic E-state index is 12.0. The van der Waals surface area contributed by atoms with E-state index in [2.05, 4.69) is 12.2 Å². The second-order valence-corrected chi connectivity index (χ2v) is 6.39. The Morgan fingerprint density at radius 3 is 2.38 bits per heavy atom. The van der Waals surface area contributed by atoms with E-state index in [0.717, 1.165) is 19.3 Å². The zero-order valence-corrected chi connectivity index (χ0v) is 11.9. The van der Waals surface area contributed by atoms with Crippen LogP contribution in [0.4, 0.5) is 0 Å². The molecule has 6 heteroatoms. The molecule has 2 N–H and O–H groups in total. The molecular weight excluding hydrogens is 244 g/mol. The maximum atomic E-state index is 12.0. The van der Waals surface area contributed by atoms with E-state index in [1.54, 1.807) is 0 Å². The summed E-state index contributed by atoms with van der Waals surface area (Å²) < 4.78 is 25.5. The fourth-order valence-corrected chi connectivity index (χ4v) is 3.49.